The van der Waals surface area contributed by atoms with Crippen LogP contribution in [-0.2, 0) is 4.74 Å². The zero-order chi connectivity index (χ0) is 20.1. The number of amides is 1. The summed E-state index contributed by atoms with van der Waals surface area (Å²) in [6.45, 7) is 7.79. The molecule has 3 heterocycles. The average Bonchev–Trinajstić information content (AvgIpc) is 2.78. The Hall–Kier alpha value is -2.02. The maximum absolute atomic E-state index is 13.4. The summed E-state index contributed by atoms with van der Waals surface area (Å²) in [5.74, 6) is 0.0565. The average molecular weight is 397 g/mol. The zero-order valence-electron chi connectivity index (χ0n) is 17.4. The van der Waals surface area contributed by atoms with Crippen molar-refractivity contribution in [3.05, 3.63) is 42.1 Å². The van der Waals surface area contributed by atoms with Crippen LogP contribution in [0, 0.1) is 0 Å². The number of nitrogens with zero attached hydrogens (tertiary/aromatic N) is 4. The Labute approximate surface area is 173 Å². The number of likely N-dealkylation sites (N-methyl/N-ethyl adjacent to an activating group) is 1. The van der Waals surface area contributed by atoms with Crippen molar-refractivity contribution in [2.24, 2.45) is 0 Å². The van der Waals surface area contributed by atoms with E-state index < -0.39 is 0 Å². The molecular formula is C23H32N4O2. The largest absolute Gasteiger partial charge is 0.381 e. The first kappa shape index (κ1) is 20.3. The molecule has 1 amide bonds. The van der Waals surface area contributed by atoms with Gasteiger partial charge < -0.3 is 19.4 Å². The smallest absolute Gasteiger partial charge is 0.272 e. The molecule has 156 valence electrons. The van der Waals surface area contributed by atoms with Crippen LogP contribution >= 0.6 is 0 Å². The van der Waals surface area contributed by atoms with Crippen LogP contribution in [0.3, 0.4) is 0 Å². The van der Waals surface area contributed by atoms with Crippen LogP contribution in [0.5, 0.6) is 0 Å². The van der Waals surface area contributed by atoms with E-state index in [1.54, 1.807) is 0 Å². The third kappa shape index (κ3) is 5.13. The van der Waals surface area contributed by atoms with E-state index >= 15 is 0 Å². The number of hydrogen-bond acceptors (Lipinski definition) is 5. The molecule has 2 aliphatic rings. The van der Waals surface area contributed by atoms with E-state index in [0.29, 0.717) is 5.69 Å². The van der Waals surface area contributed by atoms with Gasteiger partial charge in [0.1, 0.15) is 5.69 Å². The van der Waals surface area contributed by atoms with Crippen molar-refractivity contribution in [2.75, 3.05) is 59.5 Å². The Morgan fingerprint density at radius 1 is 1.10 bits per heavy atom. The highest BCUT2D eigenvalue weighted by atomic mass is 16.5. The van der Waals surface area contributed by atoms with Crippen LogP contribution in [0.15, 0.2) is 36.4 Å². The molecule has 6 nitrogen and oxygen atoms in total. The normalized spacial score (nSPS) is 19.5. The van der Waals surface area contributed by atoms with E-state index in [9.17, 15) is 4.79 Å². The fourth-order valence-electron chi connectivity index (χ4n) is 4.32. The van der Waals surface area contributed by atoms with E-state index in [1.165, 1.54) is 0 Å². The second-order valence-electron chi connectivity index (χ2n) is 8.23. The number of rotatable bonds is 6. The van der Waals surface area contributed by atoms with Gasteiger partial charge in [-0.05, 0) is 45.0 Å². The van der Waals surface area contributed by atoms with Gasteiger partial charge in [-0.1, -0.05) is 24.3 Å². The number of fused-ring (bicyclic) bond motifs is 1. The monoisotopic (exact) mass is 396 g/mol. The lowest BCUT2D eigenvalue weighted by molar-refractivity contribution is 0.0273. The lowest BCUT2D eigenvalue weighted by atomic mass is 10.1. The maximum Gasteiger partial charge on any atom is 0.272 e. The summed E-state index contributed by atoms with van der Waals surface area (Å²) in [7, 11) is 2.18. The molecule has 2 aromatic rings. The van der Waals surface area contributed by atoms with Crippen LogP contribution in [-0.4, -0.2) is 91.2 Å². The van der Waals surface area contributed by atoms with Crippen molar-refractivity contribution in [1.29, 1.82) is 0 Å². The SMILES string of the molecule is CN1CCN(CCCN(C(=O)c2ccc3ccccc3n2)C2CCOCC2)CC1. The molecule has 0 radical (unpaired) electrons. The van der Waals surface area contributed by atoms with Crippen molar-refractivity contribution in [3.8, 4) is 0 Å². The van der Waals surface area contributed by atoms with E-state index in [4.69, 9.17) is 4.74 Å². The topological polar surface area (TPSA) is 48.9 Å². The van der Waals surface area contributed by atoms with E-state index in [1.807, 2.05) is 36.4 Å². The van der Waals surface area contributed by atoms with E-state index in [-0.39, 0.29) is 11.9 Å². The number of hydrogen-bond donors (Lipinski definition) is 0. The van der Waals surface area contributed by atoms with Crippen LogP contribution in [0.2, 0.25) is 0 Å². The van der Waals surface area contributed by atoms with Gasteiger partial charge in [-0.3, -0.25) is 4.79 Å². The first-order chi connectivity index (χ1) is 14.2. The van der Waals surface area contributed by atoms with Gasteiger partial charge in [0.15, 0.2) is 0 Å². The Bertz CT molecular complexity index is 813. The molecule has 0 saturated carbocycles. The molecule has 2 saturated heterocycles. The van der Waals surface area contributed by atoms with Crippen LogP contribution in [0.1, 0.15) is 29.8 Å². The fourth-order valence-corrected chi connectivity index (χ4v) is 4.32. The molecule has 2 aliphatic heterocycles. The highest BCUT2D eigenvalue weighted by Gasteiger charge is 2.27. The number of para-hydroxylation sites is 1. The number of aromatic nitrogens is 1. The summed E-state index contributed by atoms with van der Waals surface area (Å²) >= 11 is 0. The Morgan fingerprint density at radius 2 is 1.86 bits per heavy atom. The highest BCUT2D eigenvalue weighted by molar-refractivity contribution is 5.95. The van der Waals surface area contributed by atoms with E-state index in [2.05, 4.69) is 26.7 Å². The lowest BCUT2D eigenvalue weighted by Gasteiger charge is -2.36. The highest BCUT2D eigenvalue weighted by Crippen LogP contribution is 2.19. The molecule has 0 N–H and O–H groups in total. The lowest BCUT2D eigenvalue weighted by Crippen LogP contribution is -2.47. The minimum Gasteiger partial charge on any atom is -0.381 e. The first-order valence-electron chi connectivity index (χ1n) is 10.9. The molecule has 2 fully saturated rings. The van der Waals surface area contributed by atoms with Crippen molar-refractivity contribution < 1.29 is 9.53 Å². The van der Waals surface area contributed by atoms with Gasteiger partial charge in [0.2, 0.25) is 0 Å². The van der Waals surface area contributed by atoms with Crippen molar-refractivity contribution >= 4 is 16.8 Å². The number of carbonyl (C=O) groups is 1. The zero-order valence-corrected chi connectivity index (χ0v) is 17.4. The predicted molar refractivity (Wildman–Crippen MR) is 115 cm³/mol. The second kappa shape index (κ2) is 9.65. The van der Waals surface area contributed by atoms with Gasteiger partial charge >= 0.3 is 0 Å². The second-order valence-corrected chi connectivity index (χ2v) is 8.23. The van der Waals surface area contributed by atoms with Gasteiger partial charge in [-0.2, -0.15) is 0 Å². The number of pyridine rings is 1. The van der Waals surface area contributed by atoms with E-state index in [0.717, 1.165) is 82.6 Å². The van der Waals surface area contributed by atoms with Gasteiger partial charge in [0.25, 0.3) is 5.91 Å². The molecule has 0 unspecified atom stereocenters. The minimum absolute atomic E-state index is 0.0565. The van der Waals surface area contributed by atoms with Crippen molar-refractivity contribution in [2.45, 2.75) is 25.3 Å². The number of ether oxygens (including phenoxy) is 1. The molecule has 1 aromatic heterocycles. The molecular weight excluding hydrogens is 364 g/mol. The quantitative estimate of drug-likeness (QED) is 0.751. The third-order valence-electron chi connectivity index (χ3n) is 6.18. The molecule has 0 bridgehead atoms. The summed E-state index contributed by atoms with van der Waals surface area (Å²) in [4.78, 5) is 25.0. The Morgan fingerprint density at radius 3 is 2.66 bits per heavy atom. The summed E-state index contributed by atoms with van der Waals surface area (Å²) < 4.78 is 5.54. The minimum atomic E-state index is 0.0565. The van der Waals surface area contributed by atoms with Crippen molar-refractivity contribution in [3.63, 3.8) is 0 Å². The van der Waals surface area contributed by atoms with Crippen molar-refractivity contribution in [1.82, 2.24) is 19.7 Å². The molecule has 0 atom stereocenters. The van der Waals surface area contributed by atoms with Gasteiger partial charge in [-0.15, -0.1) is 0 Å². The number of piperazine rings is 1. The van der Waals surface area contributed by atoms with Crippen LogP contribution in [0.4, 0.5) is 0 Å². The standard InChI is InChI=1S/C23H32N4O2/c1-25-13-15-26(16-14-25)11-4-12-27(20-9-17-29-18-10-20)23(28)22-8-7-19-5-2-3-6-21(19)24-22/h2-3,5-8,20H,4,9-18H2,1H3. The number of benzene rings is 1. The van der Waals surface area contributed by atoms with Gasteiger partial charge in [0.05, 0.1) is 5.52 Å². The van der Waals surface area contributed by atoms with Gasteiger partial charge in [0, 0.05) is 57.4 Å². The molecule has 4 rings (SSSR count). The predicted octanol–water partition coefficient (Wildman–Crippen LogP) is 2.49. The molecule has 29 heavy (non-hydrogen) atoms. The van der Waals surface area contributed by atoms with Gasteiger partial charge in [-0.25, -0.2) is 4.98 Å². The third-order valence-corrected chi connectivity index (χ3v) is 6.18. The molecule has 0 spiro atoms. The molecule has 6 heteroatoms. The maximum atomic E-state index is 13.4. The van der Waals surface area contributed by atoms with Crippen LogP contribution in [0.25, 0.3) is 10.9 Å². The summed E-state index contributed by atoms with van der Waals surface area (Å²) in [5, 5.41) is 1.07. The Balaban J connectivity index is 1.44. The summed E-state index contributed by atoms with van der Waals surface area (Å²) in [6, 6.07) is 12.1. The fraction of sp³-hybridized carbons (Fsp3) is 0.565. The summed E-state index contributed by atoms with van der Waals surface area (Å²) in [5.41, 5.74) is 1.43. The first-order valence-corrected chi connectivity index (χ1v) is 10.9. The number of carbonyl (C=O) groups excluding carboxylic acids is 1. The molecule has 0 aliphatic carbocycles. The molecule has 1 aromatic carbocycles. The Kier molecular flexibility index (Phi) is 6.74. The van der Waals surface area contributed by atoms with Crippen LogP contribution < -0.4 is 0 Å². The summed E-state index contributed by atoms with van der Waals surface area (Å²) in [6.07, 6.45) is 2.82.